The third kappa shape index (κ3) is 4.51. The van der Waals surface area contributed by atoms with Gasteiger partial charge in [-0.3, -0.25) is 9.20 Å². The molecular weight excluding hydrogens is 406 g/mol. The van der Waals surface area contributed by atoms with Crippen molar-refractivity contribution in [3.63, 3.8) is 0 Å². The molecule has 30 heavy (non-hydrogen) atoms. The number of imidazole rings is 1. The zero-order valence-corrected chi connectivity index (χ0v) is 18.0. The molecule has 0 spiro atoms. The van der Waals surface area contributed by atoms with E-state index in [4.69, 9.17) is 14.2 Å². The van der Waals surface area contributed by atoms with Crippen molar-refractivity contribution in [2.75, 3.05) is 27.1 Å². The molecule has 1 atom stereocenters. The van der Waals surface area contributed by atoms with E-state index in [2.05, 4.69) is 10.3 Å². The van der Waals surface area contributed by atoms with Crippen molar-refractivity contribution >= 4 is 29.2 Å². The zero-order chi connectivity index (χ0) is 21.7. The van der Waals surface area contributed by atoms with E-state index >= 15 is 0 Å². The second-order valence-electron chi connectivity index (χ2n) is 6.38. The number of carbonyl (C=O) groups excluding carboxylic acids is 2. The number of rotatable bonds is 8. The number of esters is 1. The van der Waals surface area contributed by atoms with Gasteiger partial charge in [0.15, 0.2) is 17.5 Å². The average Bonchev–Trinajstić information content (AvgIpc) is 3.16. The molecule has 0 radical (unpaired) electrons. The van der Waals surface area contributed by atoms with Crippen LogP contribution in [0.15, 0.2) is 47.8 Å². The normalized spacial score (nSPS) is 11.7. The number of carbonyl (C=O) groups is 2. The number of ether oxygens (including phenoxy) is 3. The minimum absolute atomic E-state index is 0.176. The average molecular weight is 429 g/mol. The van der Waals surface area contributed by atoms with Crippen molar-refractivity contribution in [1.82, 2.24) is 14.7 Å². The van der Waals surface area contributed by atoms with Gasteiger partial charge in [0.05, 0.1) is 25.8 Å². The molecule has 1 amide bonds. The zero-order valence-electron chi connectivity index (χ0n) is 17.2. The Morgan fingerprint density at radius 3 is 2.70 bits per heavy atom. The summed E-state index contributed by atoms with van der Waals surface area (Å²) in [5.41, 5.74) is 1.55. The van der Waals surface area contributed by atoms with Crippen LogP contribution in [0.25, 0.3) is 5.52 Å². The third-order valence-corrected chi connectivity index (χ3v) is 5.16. The van der Waals surface area contributed by atoms with Gasteiger partial charge in [-0.05, 0) is 43.5 Å². The van der Waals surface area contributed by atoms with E-state index in [0.717, 1.165) is 5.56 Å². The van der Waals surface area contributed by atoms with Crippen LogP contribution in [0.5, 0.6) is 11.5 Å². The lowest BCUT2D eigenvalue weighted by Gasteiger charge is -2.18. The Bertz CT molecular complexity index is 1070. The van der Waals surface area contributed by atoms with Gasteiger partial charge in [-0.1, -0.05) is 17.8 Å². The van der Waals surface area contributed by atoms with Gasteiger partial charge in [0.25, 0.3) is 5.91 Å². The quantitative estimate of drug-likeness (QED) is 0.435. The van der Waals surface area contributed by atoms with E-state index < -0.39 is 18.5 Å². The van der Waals surface area contributed by atoms with Crippen molar-refractivity contribution in [1.29, 1.82) is 0 Å². The highest BCUT2D eigenvalue weighted by Gasteiger charge is 2.20. The number of nitrogens with zero attached hydrogens (tertiary/aromatic N) is 2. The van der Waals surface area contributed by atoms with Crippen LogP contribution < -0.4 is 14.8 Å². The molecule has 2 aromatic heterocycles. The van der Waals surface area contributed by atoms with Gasteiger partial charge in [0.1, 0.15) is 11.5 Å². The van der Waals surface area contributed by atoms with Crippen LogP contribution in [-0.2, 0) is 9.53 Å². The van der Waals surface area contributed by atoms with Crippen LogP contribution in [0.3, 0.4) is 0 Å². The Morgan fingerprint density at radius 1 is 1.20 bits per heavy atom. The maximum atomic E-state index is 12.5. The molecule has 0 saturated carbocycles. The summed E-state index contributed by atoms with van der Waals surface area (Å²) in [6, 6.07) is 10.4. The van der Waals surface area contributed by atoms with E-state index in [-0.39, 0.29) is 11.7 Å². The molecule has 0 aliphatic carbocycles. The van der Waals surface area contributed by atoms with E-state index in [1.54, 1.807) is 42.9 Å². The summed E-state index contributed by atoms with van der Waals surface area (Å²) in [7, 11) is 3.12. The number of thioether (sulfide) groups is 1. The van der Waals surface area contributed by atoms with Crippen molar-refractivity contribution in [2.24, 2.45) is 0 Å². The van der Waals surface area contributed by atoms with Gasteiger partial charge in [0, 0.05) is 11.8 Å². The fourth-order valence-corrected chi connectivity index (χ4v) is 3.58. The Morgan fingerprint density at radius 2 is 2.00 bits per heavy atom. The largest absolute Gasteiger partial charge is 0.497 e. The van der Waals surface area contributed by atoms with E-state index in [1.807, 2.05) is 31.5 Å². The Balaban J connectivity index is 1.66. The molecule has 8 nitrogen and oxygen atoms in total. The highest BCUT2D eigenvalue weighted by molar-refractivity contribution is 7.98. The number of amides is 1. The van der Waals surface area contributed by atoms with Crippen LogP contribution in [0.4, 0.5) is 0 Å². The van der Waals surface area contributed by atoms with Crippen molar-refractivity contribution in [3.05, 3.63) is 53.9 Å². The van der Waals surface area contributed by atoms with E-state index in [0.29, 0.717) is 22.2 Å². The fraction of sp³-hybridized carbons (Fsp3) is 0.286. The van der Waals surface area contributed by atoms with Gasteiger partial charge >= 0.3 is 5.97 Å². The van der Waals surface area contributed by atoms with Crippen LogP contribution in [0, 0.1) is 0 Å². The van der Waals surface area contributed by atoms with Gasteiger partial charge in [-0.25, -0.2) is 9.78 Å². The highest BCUT2D eigenvalue weighted by atomic mass is 32.2. The maximum Gasteiger partial charge on any atom is 0.359 e. The summed E-state index contributed by atoms with van der Waals surface area (Å²) in [5.74, 6) is 0.180. The molecular formula is C21H23N3O5S. The highest BCUT2D eigenvalue weighted by Crippen LogP contribution is 2.29. The molecule has 1 N–H and O–H groups in total. The lowest BCUT2D eigenvalue weighted by Crippen LogP contribution is -2.31. The molecule has 3 aromatic rings. The number of methoxy groups -OCH3 is 2. The van der Waals surface area contributed by atoms with Crippen molar-refractivity contribution in [2.45, 2.75) is 18.1 Å². The smallest absolute Gasteiger partial charge is 0.359 e. The van der Waals surface area contributed by atoms with Gasteiger partial charge in [-0.15, -0.1) is 0 Å². The van der Waals surface area contributed by atoms with Gasteiger partial charge < -0.3 is 19.5 Å². The number of pyridine rings is 1. The summed E-state index contributed by atoms with van der Waals surface area (Å²) >= 11 is 1.42. The predicted octanol–water partition coefficient (Wildman–Crippen LogP) is 3.11. The Labute approximate surface area is 178 Å². The summed E-state index contributed by atoms with van der Waals surface area (Å²) in [6.07, 6.45) is 3.69. The number of hydrogen-bond acceptors (Lipinski definition) is 7. The molecule has 0 aliphatic rings. The second-order valence-corrected chi connectivity index (χ2v) is 7.15. The van der Waals surface area contributed by atoms with E-state index in [1.165, 1.54) is 11.8 Å². The standard InChI is InChI=1S/C21H23N3O5S/c1-13(15-11-14(27-2)8-9-17(15)28-3)22-18(25)12-29-20(26)19-16-7-5-6-10-24(16)21(23-19)30-4/h5-11,13H,12H2,1-4H3,(H,22,25). The van der Waals surface area contributed by atoms with Gasteiger partial charge in [-0.2, -0.15) is 0 Å². The number of fused-ring (bicyclic) bond motifs is 1. The third-order valence-electron chi connectivity index (χ3n) is 4.51. The molecule has 158 valence electrons. The molecule has 3 rings (SSSR count). The number of aromatic nitrogens is 2. The predicted molar refractivity (Wildman–Crippen MR) is 113 cm³/mol. The summed E-state index contributed by atoms with van der Waals surface area (Å²) in [4.78, 5) is 29.2. The molecule has 1 aromatic carbocycles. The summed E-state index contributed by atoms with van der Waals surface area (Å²) in [6.45, 7) is 1.39. The molecule has 2 heterocycles. The second kappa shape index (κ2) is 9.53. The first-order chi connectivity index (χ1) is 14.5. The Kier molecular flexibility index (Phi) is 6.83. The number of hydrogen-bond donors (Lipinski definition) is 1. The SMILES string of the molecule is COc1ccc(OC)c(C(C)NC(=O)COC(=O)c2nc(SC)n3ccccc23)c1. The van der Waals surface area contributed by atoms with Crippen LogP contribution in [-0.4, -0.2) is 48.3 Å². The maximum absolute atomic E-state index is 12.5. The molecule has 9 heteroatoms. The first-order valence-corrected chi connectivity index (χ1v) is 10.4. The molecule has 0 bridgehead atoms. The molecule has 0 aliphatic heterocycles. The first kappa shape index (κ1) is 21.5. The fourth-order valence-electron chi connectivity index (χ4n) is 3.04. The monoisotopic (exact) mass is 429 g/mol. The van der Waals surface area contributed by atoms with Crippen LogP contribution >= 0.6 is 11.8 Å². The number of nitrogens with one attached hydrogen (secondary N) is 1. The van der Waals surface area contributed by atoms with E-state index in [9.17, 15) is 9.59 Å². The lowest BCUT2D eigenvalue weighted by molar-refractivity contribution is -0.124. The lowest BCUT2D eigenvalue weighted by atomic mass is 10.1. The topological polar surface area (TPSA) is 91.2 Å². The number of benzene rings is 1. The molecule has 1 unspecified atom stereocenters. The first-order valence-electron chi connectivity index (χ1n) is 9.18. The molecule has 0 saturated heterocycles. The molecule has 0 fully saturated rings. The van der Waals surface area contributed by atoms with Crippen LogP contribution in [0.2, 0.25) is 0 Å². The van der Waals surface area contributed by atoms with Crippen molar-refractivity contribution in [3.8, 4) is 11.5 Å². The summed E-state index contributed by atoms with van der Waals surface area (Å²) in [5, 5.41) is 3.47. The van der Waals surface area contributed by atoms with Gasteiger partial charge in [0.2, 0.25) is 0 Å². The minimum Gasteiger partial charge on any atom is -0.497 e. The Hall–Kier alpha value is -3.20. The summed E-state index contributed by atoms with van der Waals surface area (Å²) < 4.78 is 17.6. The minimum atomic E-state index is -0.652. The van der Waals surface area contributed by atoms with Crippen molar-refractivity contribution < 1.29 is 23.8 Å². The van der Waals surface area contributed by atoms with Crippen LogP contribution in [0.1, 0.15) is 29.0 Å².